The summed E-state index contributed by atoms with van der Waals surface area (Å²) in [5.41, 5.74) is 4.36. The van der Waals surface area contributed by atoms with Crippen molar-refractivity contribution < 1.29 is 13.2 Å². The van der Waals surface area contributed by atoms with E-state index in [-0.39, 0.29) is 11.4 Å². The Labute approximate surface area is 262 Å². The molecule has 0 aliphatic heterocycles. The number of benzene rings is 5. The predicted octanol–water partition coefficient (Wildman–Crippen LogP) is 9.99. The lowest BCUT2D eigenvalue weighted by Gasteiger charge is -2.23. The Morgan fingerprint density at radius 2 is 0.935 bits per heavy atom. The van der Waals surface area contributed by atoms with Crippen molar-refractivity contribution in [2.24, 2.45) is 0 Å². The summed E-state index contributed by atoms with van der Waals surface area (Å²) in [7, 11) is 0. The number of aromatic nitrogens is 5. The molecule has 0 saturated carbocycles. The van der Waals surface area contributed by atoms with Gasteiger partial charge in [0.2, 0.25) is 0 Å². The van der Waals surface area contributed by atoms with Crippen molar-refractivity contribution in [3.8, 4) is 22.8 Å². The van der Waals surface area contributed by atoms with Gasteiger partial charge in [0.05, 0.1) is 33.4 Å². The largest absolute Gasteiger partial charge is 0.420 e. The molecule has 3 heterocycles. The first-order valence-electron chi connectivity index (χ1n) is 15.0. The van der Waals surface area contributed by atoms with E-state index in [1.165, 1.54) is 0 Å². The first kappa shape index (κ1) is 28.0. The Balaban J connectivity index is 1.62. The smallest absolute Gasteiger partial charge is 0.309 e. The van der Waals surface area contributed by atoms with E-state index in [4.69, 9.17) is 0 Å². The molecule has 0 fully saturated rings. The molecular weight excluding hydrogens is 583 g/mol. The summed E-state index contributed by atoms with van der Waals surface area (Å²) < 4.78 is 51.0. The maximum Gasteiger partial charge on any atom is 0.420 e. The third-order valence-corrected chi connectivity index (χ3v) is 8.64. The minimum Gasteiger partial charge on any atom is -0.309 e. The van der Waals surface area contributed by atoms with Gasteiger partial charge in [-0.3, -0.25) is 0 Å². The van der Waals surface area contributed by atoms with Crippen LogP contribution in [-0.4, -0.2) is 24.1 Å². The maximum absolute atomic E-state index is 15.8. The number of halogens is 3. The van der Waals surface area contributed by atoms with Gasteiger partial charge >= 0.3 is 6.18 Å². The van der Waals surface area contributed by atoms with Gasteiger partial charge in [0.15, 0.2) is 5.82 Å². The van der Waals surface area contributed by atoms with Gasteiger partial charge in [-0.25, -0.2) is 15.0 Å². The molecule has 0 aliphatic carbocycles. The van der Waals surface area contributed by atoms with E-state index in [2.05, 4.69) is 15.0 Å². The van der Waals surface area contributed by atoms with Crippen LogP contribution in [0.25, 0.3) is 66.4 Å². The van der Waals surface area contributed by atoms with Crippen molar-refractivity contribution in [1.29, 1.82) is 0 Å². The molecule has 226 valence electrons. The molecule has 46 heavy (non-hydrogen) atoms. The summed E-state index contributed by atoms with van der Waals surface area (Å²) in [6.45, 7) is 7.42. The highest BCUT2D eigenvalue weighted by atomic mass is 19.4. The number of para-hydroxylation sites is 2. The molecule has 0 amide bonds. The first-order chi connectivity index (χ1) is 22.1. The lowest BCUT2D eigenvalue weighted by atomic mass is 10.0. The van der Waals surface area contributed by atoms with Crippen molar-refractivity contribution in [2.45, 2.75) is 33.9 Å². The minimum absolute atomic E-state index is 0.00565. The molecular formula is C38H28F3N5. The van der Waals surface area contributed by atoms with Gasteiger partial charge in [-0.05, 0) is 75.2 Å². The second kappa shape index (κ2) is 10.0. The van der Waals surface area contributed by atoms with Crippen molar-refractivity contribution >= 4 is 43.6 Å². The molecule has 0 unspecified atom stereocenters. The Morgan fingerprint density at radius 1 is 0.500 bits per heavy atom. The predicted molar refractivity (Wildman–Crippen MR) is 178 cm³/mol. The standard InChI is InChI=1S/C38H28F3N5/c1-21-13-15-28-26-9-5-7-11-30(26)45(32(28)17-21)34-19-25(37-43-23(3)42-24(4)44-37)20-35(36(34)38(39,40)41)46-31-12-8-6-10-27(31)29-16-14-22(2)18-33(29)46/h5-20H,1-4H3. The fourth-order valence-corrected chi connectivity index (χ4v) is 6.81. The normalized spacial score (nSPS) is 12.2. The highest BCUT2D eigenvalue weighted by molar-refractivity contribution is 6.11. The lowest BCUT2D eigenvalue weighted by Crippen LogP contribution is -2.16. The third kappa shape index (κ3) is 4.28. The fraction of sp³-hybridized carbons (Fsp3) is 0.132. The zero-order valence-corrected chi connectivity index (χ0v) is 25.6. The van der Waals surface area contributed by atoms with Gasteiger partial charge in [-0.15, -0.1) is 0 Å². The second-order valence-electron chi connectivity index (χ2n) is 11.9. The quantitative estimate of drug-likeness (QED) is 0.200. The van der Waals surface area contributed by atoms with Crippen LogP contribution in [0, 0.1) is 27.7 Å². The van der Waals surface area contributed by atoms with Crippen LogP contribution in [0.1, 0.15) is 28.3 Å². The molecule has 8 rings (SSSR count). The molecule has 8 aromatic rings. The van der Waals surface area contributed by atoms with Crippen LogP contribution in [0.15, 0.2) is 97.1 Å². The van der Waals surface area contributed by atoms with Crippen molar-refractivity contribution in [1.82, 2.24) is 24.1 Å². The van der Waals surface area contributed by atoms with E-state index in [1.807, 2.05) is 98.8 Å². The highest BCUT2D eigenvalue weighted by Crippen LogP contribution is 2.46. The third-order valence-electron chi connectivity index (χ3n) is 8.64. The van der Waals surface area contributed by atoms with Crippen molar-refractivity contribution in [3.63, 3.8) is 0 Å². The summed E-state index contributed by atoms with van der Waals surface area (Å²) in [5.74, 6) is 1.30. The molecule has 0 atom stereocenters. The van der Waals surface area contributed by atoms with E-state index in [9.17, 15) is 0 Å². The topological polar surface area (TPSA) is 48.5 Å². The molecule has 0 aliphatic rings. The van der Waals surface area contributed by atoms with E-state index in [0.717, 1.165) is 32.7 Å². The van der Waals surface area contributed by atoms with Crippen LogP contribution < -0.4 is 0 Å². The average molecular weight is 612 g/mol. The van der Waals surface area contributed by atoms with Crippen LogP contribution in [0.2, 0.25) is 0 Å². The molecule has 5 nitrogen and oxygen atoms in total. The average Bonchev–Trinajstić information content (AvgIpc) is 3.51. The molecule has 0 bridgehead atoms. The van der Waals surface area contributed by atoms with Crippen LogP contribution >= 0.6 is 0 Å². The highest BCUT2D eigenvalue weighted by Gasteiger charge is 2.39. The van der Waals surface area contributed by atoms with Crippen LogP contribution in [0.3, 0.4) is 0 Å². The van der Waals surface area contributed by atoms with Crippen LogP contribution in [-0.2, 0) is 6.18 Å². The molecule has 5 aromatic carbocycles. The van der Waals surface area contributed by atoms with E-state index >= 15 is 13.2 Å². The summed E-state index contributed by atoms with van der Waals surface area (Å²) in [6.07, 6.45) is -4.73. The molecule has 3 aromatic heterocycles. The van der Waals surface area contributed by atoms with Crippen LogP contribution in [0.5, 0.6) is 0 Å². The fourth-order valence-electron chi connectivity index (χ4n) is 6.81. The number of fused-ring (bicyclic) bond motifs is 6. The first-order valence-corrected chi connectivity index (χ1v) is 15.0. The van der Waals surface area contributed by atoms with Gasteiger partial charge in [0.25, 0.3) is 0 Å². The van der Waals surface area contributed by atoms with E-state index in [1.54, 1.807) is 35.1 Å². The Hall–Kier alpha value is -5.50. The summed E-state index contributed by atoms with van der Waals surface area (Å²) in [4.78, 5) is 13.5. The van der Waals surface area contributed by atoms with Crippen molar-refractivity contribution in [2.75, 3.05) is 0 Å². The van der Waals surface area contributed by atoms with Gasteiger partial charge in [-0.2, -0.15) is 13.2 Å². The number of nitrogens with zero attached hydrogens (tertiary/aromatic N) is 5. The van der Waals surface area contributed by atoms with Gasteiger partial charge in [0, 0.05) is 27.1 Å². The second-order valence-corrected chi connectivity index (χ2v) is 11.9. The molecule has 0 N–H and O–H groups in total. The SMILES string of the molecule is Cc1ccc2c3ccccc3n(-c3cc(-c4nc(C)nc(C)n4)cc(-n4c5ccccc5c5ccc(C)cc54)c3C(F)(F)F)c2c1. The number of aryl methyl sites for hydroxylation is 4. The Morgan fingerprint density at radius 3 is 1.39 bits per heavy atom. The zero-order valence-electron chi connectivity index (χ0n) is 25.6. The van der Waals surface area contributed by atoms with Gasteiger partial charge < -0.3 is 9.13 Å². The molecule has 0 radical (unpaired) electrons. The minimum atomic E-state index is -4.73. The number of rotatable bonds is 3. The van der Waals surface area contributed by atoms with Gasteiger partial charge in [0.1, 0.15) is 17.2 Å². The van der Waals surface area contributed by atoms with Crippen LogP contribution in [0.4, 0.5) is 13.2 Å². The Bertz CT molecular complexity index is 2360. The number of hydrogen-bond donors (Lipinski definition) is 0. The lowest BCUT2D eigenvalue weighted by molar-refractivity contribution is -0.137. The summed E-state index contributed by atoms with van der Waals surface area (Å²) in [6, 6.07) is 30.2. The summed E-state index contributed by atoms with van der Waals surface area (Å²) in [5, 5.41) is 3.50. The van der Waals surface area contributed by atoms with Crippen molar-refractivity contribution in [3.05, 3.63) is 125 Å². The zero-order chi connectivity index (χ0) is 31.9. The van der Waals surface area contributed by atoms with Gasteiger partial charge in [-0.1, -0.05) is 60.7 Å². The van der Waals surface area contributed by atoms with E-state index in [0.29, 0.717) is 45.1 Å². The summed E-state index contributed by atoms with van der Waals surface area (Å²) >= 11 is 0. The maximum atomic E-state index is 15.8. The molecule has 8 heteroatoms. The molecule has 0 saturated heterocycles. The number of alkyl halides is 3. The van der Waals surface area contributed by atoms with E-state index < -0.39 is 11.7 Å². The monoisotopic (exact) mass is 611 g/mol. The molecule has 0 spiro atoms. The number of hydrogen-bond acceptors (Lipinski definition) is 3. The Kier molecular flexibility index (Phi) is 6.09.